The second-order valence-corrected chi connectivity index (χ2v) is 6.18. The van der Waals surface area contributed by atoms with E-state index in [1.165, 1.54) is 25.7 Å². The van der Waals surface area contributed by atoms with Crippen molar-refractivity contribution in [1.29, 1.82) is 0 Å². The van der Waals surface area contributed by atoms with Crippen molar-refractivity contribution in [3.05, 3.63) is 30.1 Å². The van der Waals surface area contributed by atoms with E-state index in [-0.39, 0.29) is 11.9 Å². The minimum absolute atomic E-state index is 0.00675. The van der Waals surface area contributed by atoms with Crippen molar-refractivity contribution in [2.75, 3.05) is 0 Å². The molecule has 2 bridgehead atoms. The third-order valence-corrected chi connectivity index (χ3v) is 4.84. The van der Waals surface area contributed by atoms with Gasteiger partial charge in [-0.3, -0.25) is 9.78 Å². The number of aromatic nitrogens is 1. The molecule has 0 saturated heterocycles. The van der Waals surface area contributed by atoms with E-state index in [1.54, 1.807) is 6.20 Å². The van der Waals surface area contributed by atoms with E-state index in [4.69, 9.17) is 0 Å². The molecule has 4 atom stereocenters. The Morgan fingerprint density at radius 2 is 2.32 bits per heavy atom. The first kappa shape index (κ1) is 12.6. The summed E-state index contributed by atoms with van der Waals surface area (Å²) in [5.74, 6) is 2.56. The maximum absolute atomic E-state index is 12.1. The summed E-state index contributed by atoms with van der Waals surface area (Å²) in [7, 11) is 0. The van der Waals surface area contributed by atoms with Gasteiger partial charge in [-0.15, -0.1) is 0 Å². The summed E-state index contributed by atoms with van der Waals surface area (Å²) < 4.78 is 0. The molecule has 3 nitrogen and oxygen atoms in total. The molecule has 102 valence electrons. The average molecular weight is 258 g/mol. The fraction of sp³-hybridized carbons (Fsp3) is 0.625. The first-order chi connectivity index (χ1) is 9.22. The zero-order valence-electron chi connectivity index (χ0n) is 11.5. The van der Waals surface area contributed by atoms with E-state index in [1.807, 2.05) is 25.1 Å². The lowest BCUT2D eigenvalue weighted by atomic mass is 9.86. The van der Waals surface area contributed by atoms with Crippen LogP contribution in [0.3, 0.4) is 0 Å². The molecule has 2 saturated carbocycles. The molecule has 0 unspecified atom stereocenters. The first-order valence-corrected chi connectivity index (χ1v) is 7.42. The lowest BCUT2D eigenvalue weighted by molar-refractivity contribution is -0.123. The van der Waals surface area contributed by atoms with E-state index in [0.717, 1.165) is 17.5 Å². The Bertz CT molecular complexity index is 445. The predicted molar refractivity (Wildman–Crippen MR) is 74.3 cm³/mol. The zero-order chi connectivity index (χ0) is 13.2. The first-order valence-electron chi connectivity index (χ1n) is 7.42. The highest BCUT2D eigenvalue weighted by atomic mass is 16.1. The van der Waals surface area contributed by atoms with E-state index in [2.05, 4.69) is 10.3 Å². The maximum Gasteiger partial charge on any atom is 0.220 e. The topological polar surface area (TPSA) is 42.0 Å². The Balaban J connectivity index is 1.51. The van der Waals surface area contributed by atoms with Crippen LogP contribution in [-0.4, -0.2) is 10.9 Å². The molecule has 1 heterocycles. The number of hydrogen-bond acceptors (Lipinski definition) is 2. The fourth-order valence-corrected chi connectivity index (χ4v) is 3.87. The number of amides is 1. The van der Waals surface area contributed by atoms with Gasteiger partial charge in [0.25, 0.3) is 0 Å². The maximum atomic E-state index is 12.1. The number of rotatable bonds is 4. The number of nitrogens with one attached hydrogen (secondary N) is 1. The largest absolute Gasteiger partial charge is 0.348 e. The lowest BCUT2D eigenvalue weighted by Gasteiger charge is -2.22. The van der Waals surface area contributed by atoms with E-state index in [9.17, 15) is 4.79 Å². The molecular formula is C16H22N2O. The molecule has 19 heavy (non-hydrogen) atoms. The Morgan fingerprint density at radius 3 is 2.95 bits per heavy atom. The number of carbonyl (C=O) groups excluding carboxylic acids is 1. The van der Waals surface area contributed by atoms with Crippen molar-refractivity contribution < 1.29 is 4.79 Å². The molecule has 0 spiro atoms. The van der Waals surface area contributed by atoms with Gasteiger partial charge in [-0.2, -0.15) is 0 Å². The highest BCUT2D eigenvalue weighted by Crippen LogP contribution is 2.49. The van der Waals surface area contributed by atoms with Crippen molar-refractivity contribution >= 4 is 5.91 Å². The second kappa shape index (κ2) is 5.32. The lowest BCUT2D eigenvalue weighted by Crippen LogP contribution is -2.30. The van der Waals surface area contributed by atoms with Crippen LogP contribution in [0.25, 0.3) is 0 Å². The summed E-state index contributed by atoms with van der Waals surface area (Å²) in [6, 6.07) is 5.82. The van der Waals surface area contributed by atoms with Gasteiger partial charge in [0, 0.05) is 12.6 Å². The number of nitrogens with zero attached hydrogens (tertiary/aromatic N) is 1. The van der Waals surface area contributed by atoms with Crippen molar-refractivity contribution in [3.8, 4) is 0 Å². The molecular weight excluding hydrogens is 236 g/mol. The smallest absolute Gasteiger partial charge is 0.220 e. The minimum atomic E-state index is 0.00675. The Kier molecular flexibility index (Phi) is 3.54. The van der Waals surface area contributed by atoms with E-state index in [0.29, 0.717) is 12.3 Å². The molecule has 1 aromatic rings. The molecule has 3 rings (SSSR count). The Hall–Kier alpha value is -1.38. The molecule has 0 aliphatic heterocycles. The average Bonchev–Trinajstić information content (AvgIpc) is 3.02. The van der Waals surface area contributed by atoms with Crippen molar-refractivity contribution in [2.24, 2.45) is 17.8 Å². The van der Waals surface area contributed by atoms with Gasteiger partial charge in [0.15, 0.2) is 0 Å². The number of carbonyl (C=O) groups is 1. The van der Waals surface area contributed by atoms with Crippen LogP contribution >= 0.6 is 0 Å². The van der Waals surface area contributed by atoms with Gasteiger partial charge in [0.05, 0.1) is 11.7 Å². The van der Waals surface area contributed by atoms with E-state index >= 15 is 0 Å². The van der Waals surface area contributed by atoms with Gasteiger partial charge >= 0.3 is 0 Å². The van der Waals surface area contributed by atoms with E-state index < -0.39 is 0 Å². The molecule has 2 fully saturated rings. The third kappa shape index (κ3) is 2.80. The van der Waals surface area contributed by atoms with Crippen LogP contribution in [0.1, 0.15) is 50.8 Å². The molecule has 3 heteroatoms. The molecule has 1 aromatic heterocycles. The summed E-state index contributed by atoms with van der Waals surface area (Å²) in [5, 5.41) is 3.08. The Morgan fingerprint density at radius 1 is 1.42 bits per heavy atom. The molecule has 2 aliphatic carbocycles. The summed E-state index contributed by atoms with van der Waals surface area (Å²) >= 11 is 0. The summed E-state index contributed by atoms with van der Waals surface area (Å²) in [4.78, 5) is 16.4. The van der Waals surface area contributed by atoms with Crippen LogP contribution in [0.5, 0.6) is 0 Å². The van der Waals surface area contributed by atoms with Crippen LogP contribution in [0.15, 0.2) is 24.4 Å². The highest BCUT2D eigenvalue weighted by Gasteiger charge is 2.40. The summed E-state index contributed by atoms with van der Waals surface area (Å²) in [6.07, 6.45) is 7.86. The van der Waals surface area contributed by atoms with Crippen LogP contribution < -0.4 is 5.32 Å². The molecule has 1 amide bonds. The van der Waals surface area contributed by atoms with Gasteiger partial charge in [-0.25, -0.2) is 0 Å². The minimum Gasteiger partial charge on any atom is -0.348 e. The fourth-order valence-electron chi connectivity index (χ4n) is 3.87. The standard InChI is InChI=1S/C16H22N2O/c1-11(15-4-2-3-7-17-15)18-16(19)10-14-9-12-5-6-13(14)8-12/h2-4,7,11-14H,5-6,8-10H2,1H3,(H,18,19)/t11-,12-,13-,14-/m0/s1. The zero-order valence-corrected chi connectivity index (χ0v) is 11.5. The van der Waals surface area contributed by atoms with Crippen LogP contribution in [0.2, 0.25) is 0 Å². The summed E-state index contributed by atoms with van der Waals surface area (Å²) in [6.45, 7) is 2.00. The van der Waals surface area contributed by atoms with Gasteiger partial charge in [-0.05, 0) is 56.1 Å². The quantitative estimate of drug-likeness (QED) is 0.901. The van der Waals surface area contributed by atoms with Crippen molar-refractivity contribution in [3.63, 3.8) is 0 Å². The van der Waals surface area contributed by atoms with Crippen LogP contribution in [0.4, 0.5) is 0 Å². The van der Waals surface area contributed by atoms with Gasteiger partial charge in [-0.1, -0.05) is 12.5 Å². The third-order valence-electron chi connectivity index (χ3n) is 4.84. The normalized spacial score (nSPS) is 30.3. The molecule has 2 aliphatic rings. The van der Waals surface area contributed by atoms with Gasteiger partial charge < -0.3 is 5.32 Å². The van der Waals surface area contributed by atoms with Crippen molar-refractivity contribution in [2.45, 2.75) is 45.1 Å². The van der Waals surface area contributed by atoms with Crippen LogP contribution in [0, 0.1) is 17.8 Å². The molecule has 1 N–H and O–H groups in total. The van der Waals surface area contributed by atoms with Crippen molar-refractivity contribution in [1.82, 2.24) is 10.3 Å². The van der Waals surface area contributed by atoms with Crippen LogP contribution in [-0.2, 0) is 4.79 Å². The number of hydrogen-bond donors (Lipinski definition) is 1. The number of pyridine rings is 1. The summed E-state index contributed by atoms with van der Waals surface area (Å²) in [5.41, 5.74) is 0.934. The molecule has 0 radical (unpaired) electrons. The monoisotopic (exact) mass is 258 g/mol. The predicted octanol–water partition coefficient (Wildman–Crippen LogP) is 3.09. The van der Waals surface area contributed by atoms with Gasteiger partial charge in [0.1, 0.15) is 0 Å². The second-order valence-electron chi connectivity index (χ2n) is 6.18. The number of fused-ring (bicyclic) bond motifs is 2. The van der Waals surface area contributed by atoms with Gasteiger partial charge in [0.2, 0.25) is 5.91 Å². The SMILES string of the molecule is C[C@H](NC(=O)C[C@@H]1C[C@H]2CC[C@H]1C2)c1ccccn1. The Labute approximate surface area is 114 Å². The highest BCUT2D eigenvalue weighted by molar-refractivity contribution is 5.76. The molecule has 0 aromatic carbocycles.